The summed E-state index contributed by atoms with van der Waals surface area (Å²) in [7, 11) is 0. The second-order valence-electron chi connectivity index (χ2n) is 11.4. The maximum atomic E-state index is 13.7. The molecule has 0 unspecified atom stereocenters. The molecule has 0 radical (unpaired) electrons. The van der Waals surface area contributed by atoms with Gasteiger partial charge in [-0.2, -0.15) is 13.2 Å². The third-order valence-corrected chi connectivity index (χ3v) is 9.24. The summed E-state index contributed by atoms with van der Waals surface area (Å²) in [5.41, 5.74) is 0.507. The van der Waals surface area contributed by atoms with Crippen LogP contribution in [0.5, 0.6) is 0 Å². The Kier molecular flexibility index (Phi) is 9.14. The SMILES string of the molecule is Cc1ccc(-c2nc(CC(=O)c3cnc(N4CCN(CC(=O)O)C[C@H]4C)cn3)sc2CN2CCC[C@H]2C)cc1C(F)(F)F. The number of ketones is 1. The summed E-state index contributed by atoms with van der Waals surface area (Å²) < 4.78 is 41.1. The van der Waals surface area contributed by atoms with E-state index in [0.717, 1.165) is 30.3 Å². The smallest absolute Gasteiger partial charge is 0.416 e. The number of hydrogen-bond acceptors (Lipinski definition) is 9. The number of carbonyl (C=O) groups excluding carboxylic acids is 1. The van der Waals surface area contributed by atoms with E-state index >= 15 is 0 Å². The molecule has 5 rings (SSSR count). The number of Topliss-reactive ketones (excluding diaryl/α,β-unsaturated/α-hetero) is 1. The molecule has 0 amide bonds. The van der Waals surface area contributed by atoms with E-state index in [0.29, 0.717) is 54.3 Å². The Labute approximate surface area is 252 Å². The number of aliphatic carboxylic acids is 1. The van der Waals surface area contributed by atoms with Crippen molar-refractivity contribution in [3.05, 3.63) is 57.3 Å². The van der Waals surface area contributed by atoms with E-state index in [-0.39, 0.29) is 36.0 Å². The standard InChI is InChI=1S/C30H35F3N6O3S/c1-18-6-7-21(11-22(18)30(31,32)33)29-25(16-38-8-4-5-19(38)2)43-27(36-29)12-24(40)23-13-35-26(14-34-23)39-10-9-37(15-20(39)3)17-28(41)42/h6-7,11,13-14,19-20H,4-5,8-10,12,15-17H2,1-3H3,(H,41,42)/t19-,20-/m1/s1. The number of rotatable bonds is 9. The number of carboxylic acids is 1. The van der Waals surface area contributed by atoms with E-state index in [1.165, 1.54) is 30.5 Å². The summed E-state index contributed by atoms with van der Waals surface area (Å²) in [5, 5.41) is 9.58. The molecule has 230 valence electrons. The van der Waals surface area contributed by atoms with Crippen LogP contribution in [-0.4, -0.2) is 86.4 Å². The number of hydrogen-bond donors (Lipinski definition) is 1. The number of nitrogens with zero attached hydrogens (tertiary/aromatic N) is 6. The molecule has 2 aliphatic heterocycles. The van der Waals surface area contributed by atoms with E-state index in [4.69, 9.17) is 10.1 Å². The summed E-state index contributed by atoms with van der Waals surface area (Å²) in [6.45, 7) is 8.77. The van der Waals surface area contributed by atoms with Gasteiger partial charge in [-0.25, -0.2) is 15.0 Å². The number of halogens is 3. The van der Waals surface area contributed by atoms with Gasteiger partial charge < -0.3 is 10.0 Å². The Morgan fingerprint density at radius 1 is 1.09 bits per heavy atom. The molecule has 0 aliphatic carbocycles. The third-order valence-electron chi connectivity index (χ3n) is 8.20. The maximum absolute atomic E-state index is 13.7. The lowest BCUT2D eigenvalue weighted by atomic mass is 10.0. The molecule has 1 N–H and O–H groups in total. The van der Waals surface area contributed by atoms with E-state index in [9.17, 15) is 22.8 Å². The summed E-state index contributed by atoms with van der Waals surface area (Å²) in [4.78, 5) is 44.8. The van der Waals surface area contributed by atoms with E-state index in [1.807, 2.05) is 16.7 Å². The first-order valence-corrected chi connectivity index (χ1v) is 15.2. The molecule has 3 aromatic rings. The molecule has 4 heterocycles. The van der Waals surface area contributed by atoms with Crippen molar-refractivity contribution in [2.24, 2.45) is 0 Å². The number of likely N-dealkylation sites (tertiary alicyclic amines) is 1. The van der Waals surface area contributed by atoms with Gasteiger partial charge in [-0.05, 0) is 51.8 Å². The van der Waals surface area contributed by atoms with Crippen molar-refractivity contribution in [1.82, 2.24) is 24.8 Å². The van der Waals surface area contributed by atoms with Gasteiger partial charge in [0, 0.05) is 48.7 Å². The van der Waals surface area contributed by atoms with Crippen molar-refractivity contribution in [3.8, 4) is 11.3 Å². The second kappa shape index (κ2) is 12.7. The zero-order valence-corrected chi connectivity index (χ0v) is 25.2. The first-order chi connectivity index (χ1) is 20.4. The van der Waals surface area contributed by atoms with Gasteiger partial charge in [-0.3, -0.25) is 19.4 Å². The molecule has 0 spiro atoms. The average molecular weight is 617 g/mol. The minimum Gasteiger partial charge on any atom is -0.480 e. The van der Waals surface area contributed by atoms with Crippen molar-refractivity contribution in [2.75, 3.05) is 37.6 Å². The molecule has 0 bridgehead atoms. The van der Waals surface area contributed by atoms with Crippen LogP contribution in [0.2, 0.25) is 0 Å². The molecule has 2 fully saturated rings. The predicted octanol–water partition coefficient (Wildman–Crippen LogP) is 4.93. The molecule has 2 aliphatic rings. The fraction of sp³-hybridized carbons (Fsp3) is 0.500. The normalized spacial score (nSPS) is 20.1. The molecular formula is C30H35F3N6O3S. The van der Waals surface area contributed by atoms with Gasteiger partial charge in [0.15, 0.2) is 5.78 Å². The van der Waals surface area contributed by atoms with Crippen LogP contribution in [0.3, 0.4) is 0 Å². The van der Waals surface area contributed by atoms with Crippen LogP contribution < -0.4 is 4.90 Å². The third kappa shape index (κ3) is 7.22. The van der Waals surface area contributed by atoms with Crippen LogP contribution in [0.25, 0.3) is 11.3 Å². The highest BCUT2D eigenvalue weighted by atomic mass is 32.1. The van der Waals surface area contributed by atoms with E-state index in [1.54, 1.807) is 12.3 Å². The van der Waals surface area contributed by atoms with Gasteiger partial charge in [0.2, 0.25) is 0 Å². The number of piperazine rings is 1. The minimum atomic E-state index is -4.48. The van der Waals surface area contributed by atoms with E-state index in [2.05, 4.69) is 21.8 Å². The molecule has 43 heavy (non-hydrogen) atoms. The highest BCUT2D eigenvalue weighted by molar-refractivity contribution is 7.12. The van der Waals surface area contributed by atoms with Crippen molar-refractivity contribution < 1.29 is 27.9 Å². The van der Waals surface area contributed by atoms with Gasteiger partial charge >= 0.3 is 12.1 Å². The Hall–Kier alpha value is -3.42. The first kappa shape index (κ1) is 31.0. The number of benzene rings is 1. The molecule has 9 nitrogen and oxygen atoms in total. The van der Waals surface area contributed by atoms with Crippen LogP contribution in [0.4, 0.5) is 19.0 Å². The predicted molar refractivity (Wildman–Crippen MR) is 157 cm³/mol. The zero-order chi connectivity index (χ0) is 30.9. The van der Waals surface area contributed by atoms with Crippen LogP contribution in [0.15, 0.2) is 30.6 Å². The lowest BCUT2D eigenvalue weighted by Gasteiger charge is -2.39. The number of aryl methyl sites for hydroxylation is 1. The lowest BCUT2D eigenvalue weighted by molar-refractivity contribution is -0.139. The van der Waals surface area contributed by atoms with Gasteiger partial charge in [-0.15, -0.1) is 11.3 Å². The monoisotopic (exact) mass is 616 g/mol. The quantitative estimate of drug-likeness (QED) is 0.335. The summed E-state index contributed by atoms with van der Waals surface area (Å²) in [5.74, 6) is -0.532. The Bertz CT molecular complexity index is 1480. The number of alkyl halides is 3. The van der Waals surface area contributed by atoms with Gasteiger partial charge in [0.25, 0.3) is 0 Å². The minimum absolute atomic E-state index is 0.0120. The summed E-state index contributed by atoms with van der Waals surface area (Å²) in [6.07, 6.45) is 0.596. The number of anilines is 1. The molecule has 2 atom stereocenters. The lowest BCUT2D eigenvalue weighted by Crippen LogP contribution is -2.53. The van der Waals surface area contributed by atoms with Crippen molar-refractivity contribution in [3.63, 3.8) is 0 Å². The van der Waals surface area contributed by atoms with Gasteiger partial charge in [0.1, 0.15) is 16.5 Å². The fourth-order valence-electron chi connectivity index (χ4n) is 5.85. The Balaban J connectivity index is 1.34. The first-order valence-electron chi connectivity index (χ1n) is 14.4. The molecule has 0 saturated carbocycles. The summed E-state index contributed by atoms with van der Waals surface area (Å²) in [6, 6.07) is 4.66. The average Bonchev–Trinajstić information content (AvgIpc) is 3.53. The summed E-state index contributed by atoms with van der Waals surface area (Å²) >= 11 is 1.36. The number of carboxylic acid groups (broad SMARTS) is 1. The molecular weight excluding hydrogens is 581 g/mol. The van der Waals surface area contributed by atoms with Gasteiger partial charge in [0.05, 0.1) is 36.6 Å². The molecule has 2 saturated heterocycles. The van der Waals surface area contributed by atoms with Crippen LogP contribution >= 0.6 is 11.3 Å². The highest BCUT2D eigenvalue weighted by Gasteiger charge is 2.33. The van der Waals surface area contributed by atoms with Crippen LogP contribution in [0, 0.1) is 6.92 Å². The maximum Gasteiger partial charge on any atom is 0.416 e. The van der Waals surface area contributed by atoms with Crippen molar-refractivity contribution in [1.29, 1.82) is 0 Å². The van der Waals surface area contributed by atoms with Gasteiger partial charge in [-0.1, -0.05) is 12.1 Å². The highest BCUT2D eigenvalue weighted by Crippen LogP contribution is 2.37. The largest absolute Gasteiger partial charge is 0.480 e. The van der Waals surface area contributed by atoms with Crippen molar-refractivity contribution in [2.45, 2.75) is 64.8 Å². The van der Waals surface area contributed by atoms with E-state index < -0.39 is 17.7 Å². The Morgan fingerprint density at radius 2 is 1.88 bits per heavy atom. The topological polar surface area (TPSA) is 103 Å². The molecule has 2 aromatic heterocycles. The van der Waals surface area contributed by atoms with Crippen LogP contribution in [0.1, 0.15) is 58.2 Å². The number of thiazole rings is 1. The Morgan fingerprint density at radius 3 is 2.51 bits per heavy atom. The molecule has 1 aromatic carbocycles. The fourth-order valence-corrected chi connectivity index (χ4v) is 6.96. The number of carbonyl (C=O) groups is 2. The zero-order valence-electron chi connectivity index (χ0n) is 24.4. The molecule has 13 heteroatoms. The van der Waals surface area contributed by atoms with Crippen LogP contribution in [-0.2, 0) is 23.9 Å². The van der Waals surface area contributed by atoms with Crippen molar-refractivity contribution >= 4 is 28.9 Å². The number of aromatic nitrogens is 3. The second-order valence-corrected chi connectivity index (χ2v) is 12.6.